The second-order valence-electron chi connectivity index (χ2n) is 4.55. The maximum absolute atomic E-state index is 14.2. The first-order chi connectivity index (χ1) is 10.5. The van der Waals surface area contributed by atoms with Crippen molar-refractivity contribution in [1.29, 1.82) is 0 Å². The van der Waals surface area contributed by atoms with Gasteiger partial charge in [-0.15, -0.1) is 16.4 Å². The zero-order valence-corrected chi connectivity index (χ0v) is 12.0. The topological polar surface area (TPSA) is 25.8 Å². The summed E-state index contributed by atoms with van der Waals surface area (Å²) in [7, 11) is 0. The molecule has 7 heteroatoms. The van der Waals surface area contributed by atoms with Gasteiger partial charge in [-0.2, -0.15) is 9.49 Å². The molecule has 1 aromatic carbocycles. The minimum Gasteiger partial charge on any atom is -0.207 e. The number of thiophene rings is 1. The predicted molar refractivity (Wildman–Crippen MR) is 75.4 cm³/mol. The Hall–Kier alpha value is -2.28. The van der Waals surface area contributed by atoms with Gasteiger partial charge in [0.2, 0.25) is 5.95 Å². The van der Waals surface area contributed by atoms with Crippen molar-refractivity contribution in [2.24, 2.45) is 0 Å². The molecule has 2 heterocycles. The minimum absolute atomic E-state index is 0.243. The number of hydrogen-bond acceptors (Lipinski definition) is 3. The van der Waals surface area contributed by atoms with Crippen LogP contribution in [0.15, 0.2) is 29.6 Å². The quantitative estimate of drug-likeness (QED) is 0.637. The largest absolute Gasteiger partial charge is 0.241 e. The molecule has 112 valence electrons. The van der Waals surface area contributed by atoms with Crippen molar-refractivity contribution in [2.45, 2.75) is 6.92 Å². The van der Waals surface area contributed by atoms with E-state index in [9.17, 15) is 17.6 Å². The Labute approximate surface area is 127 Å². The molecule has 0 N–H and O–H groups in total. The van der Waals surface area contributed by atoms with Crippen LogP contribution in [-0.2, 0) is 0 Å². The molecule has 2 nitrogen and oxygen atoms in total. The van der Waals surface area contributed by atoms with Crippen molar-refractivity contribution in [3.63, 3.8) is 0 Å². The van der Waals surface area contributed by atoms with E-state index < -0.39 is 29.0 Å². The highest BCUT2D eigenvalue weighted by atomic mass is 32.1. The summed E-state index contributed by atoms with van der Waals surface area (Å²) in [5.41, 5.74) is -0.445. The molecule has 2 aromatic heterocycles. The molecule has 3 rings (SSSR count). The van der Waals surface area contributed by atoms with Crippen LogP contribution in [0, 0.1) is 30.3 Å². The van der Waals surface area contributed by atoms with E-state index in [-0.39, 0.29) is 11.1 Å². The molecule has 0 aliphatic carbocycles. The lowest BCUT2D eigenvalue weighted by Gasteiger charge is -2.12. The monoisotopic (exact) mass is 324 g/mol. The fourth-order valence-electron chi connectivity index (χ4n) is 2.23. The molecule has 0 saturated carbocycles. The number of aromatic nitrogens is 2. The maximum Gasteiger partial charge on any atom is 0.241 e. The van der Waals surface area contributed by atoms with Crippen molar-refractivity contribution in [3.8, 4) is 21.6 Å². The highest BCUT2D eigenvalue weighted by Gasteiger charge is 2.24. The lowest BCUT2D eigenvalue weighted by Crippen LogP contribution is -2.03. The Kier molecular flexibility index (Phi) is 3.66. The van der Waals surface area contributed by atoms with Crippen LogP contribution in [0.3, 0.4) is 0 Å². The molecule has 0 fully saturated rings. The van der Waals surface area contributed by atoms with Crippen LogP contribution in [0.4, 0.5) is 17.6 Å². The Morgan fingerprint density at radius 2 is 1.59 bits per heavy atom. The average Bonchev–Trinajstić information content (AvgIpc) is 2.95. The van der Waals surface area contributed by atoms with E-state index in [0.717, 1.165) is 0 Å². The van der Waals surface area contributed by atoms with Crippen molar-refractivity contribution in [1.82, 2.24) is 10.2 Å². The summed E-state index contributed by atoms with van der Waals surface area (Å²) in [6.07, 6.45) is 0. The van der Waals surface area contributed by atoms with E-state index in [0.29, 0.717) is 22.7 Å². The van der Waals surface area contributed by atoms with Crippen LogP contribution >= 0.6 is 11.3 Å². The van der Waals surface area contributed by atoms with Crippen molar-refractivity contribution < 1.29 is 17.6 Å². The fourth-order valence-corrected chi connectivity index (χ4v) is 3.06. The lowest BCUT2D eigenvalue weighted by atomic mass is 9.98. The highest BCUT2D eigenvalue weighted by Crippen LogP contribution is 2.39. The van der Waals surface area contributed by atoms with E-state index in [1.807, 2.05) is 0 Å². The van der Waals surface area contributed by atoms with Crippen LogP contribution in [0.25, 0.3) is 21.6 Å². The Balaban J connectivity index is 2.40. The van der Waals surface area contributed by atoms with Crippen molar-refractivity contribution in [2.75, 3.05) is 0 Å². The molecule has 0 amide bonds. The molecule has 0 aliphatic heterocycles. The Morgan fingerprint density at radius 3 is 2.18 bits per heavy atom. The number of benzene rings is 1. The average molecular weight is 324 g/mol. The molecule has 22 heavy (non-hydrogen) atoms. The second kappa shape index (κ2) is 5.49. The Morgan fingerprint density at radius 1 is 0.909 bits per heavy atom. The number of aryl methyl sites for hydroxylation is 1. The van der Waals surface area contributed by atoms with E-state index in [1.54, 1.807) is 24.4 Å². The van der Waals surface area contributed by atoms with E-state index >= 15 is 0 Å². The molecule has 0 bridgehead atoms. The number of nitrogens with zero attached hydrogens (tertiary/aromatic N) is 2. The first kappa shape index (κ1) is 14.6. The van der Waals surface area contributed by atoms with Gasteiger partial charge in [0.15, 0.2) is 0 Å². The standard InChI is InChI=1S/C15H8F4N2S/c1-7-12(11-3-2-4-22-11)14(15(19)21-20-7)13-9(17)5-8(16)6-10(13)18/h2-6H,1H3. The van der Waals surface area contributed by atoms with E-state index in [2.05, 4.69) is 10.2 Å². The van der Waals surface area contributed by atoms with Gasteiger partial charge in [0, 0.05) is 22.6 Å². The molecule has 0 atom stereocenters. The lowest BCUT2D eigenvalue weighted by molar-refractivity contribution is 0.537. The molecule has 0 unspecified atom stereocenters. The zero-order chi connectivity index (χ0) is 15.9. The molecular weight excluding hydrogens is 316 g/mol. The molecule has 3 aromatic rings. The van der Waals surface area contributed by atoms with Crippen LogP contribution in [0.5, 0.6) is 0 Å². The third-order valence-corrected chi connectivity index (χ3v) is 4.02. The third-order valence-electron chi connectivity index (χ3n) is 3.13. The summed E-state index contributed by atoms with van der Waals surface area (Å²) >= 11 is 1.27. The Bertz CT molecular complexity index is 824. The van der Waals surface area contributed by atoms with E-state index in [1.165, 1.54) is 11.3 Å². The highest BCUT2D eigenvalue weighted by molar-refractivity contribution is 7.13. The van der Waals surface area contributed by atoms with Crippen LogP contribution in [0.2, 0.25) is 0 Å². The first-order valence-electron chi connectivity index (χ1n) is 6.20. The van der Waals surface area contributed by atoms with Gasteiger partial charge in [0.05, 0.1) is 16.8 Å². The van der Waals surface area contributed by atoms with Gasteiger partial charge in [-0.25, -0.2) is 13.2 Å². The molecule has 0 radical (unpaired) electrons. The van der Waals surface area contributed by atoms with Crippen molar-refractivity contribution >= 4 is 11.3 Å². The van der Waals surface area contributed by atoms with Gasteiger partial charge in [0.25, 0.3) is 0 Å². The van der Waals surface area contributed by atoms with Gasteiger partial charge in [0.1, 0.15) is 17.5 Å². The van der Waals surface area contributed by atoms with Gasteiger partial charge in [-0.05, 0) is 18.4 Å². The summed E-state index contributed by atoms with van der Waals surface area (Å²) in [5, 5.41) is 8.70. The van der Waals surface area contributed by atoms with Gasteiger partial charge in [-0.3, -0.25) is 0 Å². The predicted octanol–water partition coefficient (Wildman–Crippen LogP) is 4.74. The summed E-state index contributed by atoms with van der Waals surface area (Å²) in [6.45, 7) is 1.56. The molecule has 0 spiro atoms. The minimum atomic E-state index is -1.19. The summed E-state index contributed by atoms with van der Waals surface area (Å²) in [6, 6.07) is 4.41. The summed E-state index contributed by atoms with van der Waals surface area (Å²) < 4.78 is 55.3. The molecule has 0 aliphatic rings. The van der Waals surface area contributed by atoms with Gasteiger partial charge < -0.3 is 0 Å². The molecular formula is C15H8F4N2S. The zero-order valence-electron chi connectivity index (χ0n) is 11.2. The number of rotatable bonds is 2. The van der Waals surface area contributed by atoms with Gasteiger partial charge in [-0.1, -0.05) is 6.07 Å². The number of hydrogen-bond donors (Lipinski definition) is 0. The maximum atomic E-state index is 14.2. The summed E-state index contributed by atoms with van der Waals surface area (Å²) in [4.78, 5) is 0.587. The molecule has 0 saturated heterocycles. The second-order valence-corrected chi connectivity index (χ2v) is 5.50. The van der Waals surface area contributed by atoms with Gasteiger partial charge >= 0.3 is 0 Å². The fraction of sp³-hybridized carbons (Fsp3) is 0.0667. The van der Waals surface area contributed by atoms with Crippen molar-refractivity contribution in [3.05, 3.63) is 58.7 Å². The first-order valence-corrected chi connectivity index (χ1v) is 7.08. The van der Waals surface area contributed by atoms with E-state index in [4.69, 9.17) is 0 Å². The van der Waals surface area contributed by atoms with Crippen LogP contribution in [-0.4, -0.2) is 10.2 Å². The normalized spacial score (nSPS) is 11.0. The van der Waals surface area contributed by atoms with Crippen LogP contribution < -0.4 is 0 Å². The number of halogens is 4. The SMILES string of the molecule is Cc1nnc(F)c(-c2c(F)cc(F)cc2F)c1-c1cccs1. The smallest absolute Gasteiger partial charge is 0.207 e. The third kappa shape index (κ3) is 2.37. The van der Waals surface area contributed by atoms with Crippen LogP contribution in [0.1, 0.15) is 5.69 Å². The summed E-state index contributed by atoms with van der Waals surface area (Å²) in [5.74, 6) is -4.57.